The zero-order chi connectivity index (χ0) is 14.4. The summed E-state index contributed by atoms with van der Waals surface area (Å²) >= 11 is 3.20. The van der Waals surface area contributed by atoms with Crippen molar-refractivity contribution in [1.29, 1.82) is 0 Å². The topological polar surface area (TPSA) is 21.3 Å². The monoisotopic (exact) mass is 337 g/mol. The standard InChI is InChI=1S/C16H17BrFNO/c1-20-9-8-13-4-2-3-5-16(13)19-11-12-6-7-15(18)14(17)10-12/h2-7,10,19H,8-9,11H2,1H3. The van der Waals surface area contributed by atoms with Gasteiger partial charge in [-0.15, -0.1) is 0 Å². The third kappa shape index (κ3) is 4.05. The molecule has 0 atom stereocenters. The lowest BCUT2D eigenvalue weighted by molar-refractivity contribution is 0.202. The lowest BCUT2D eigenvalue weighted by Gasteiger charge is -2.12. The van der Waals surface area contributed by atoms with E-state index < -0.39 is 0 Å². The van der Waals surface area contributed by atoms with Crippen molar-refractivity contribution in [1.82, 2.24) is 0 Å². The second-order valence-corrected chi connectivity index (χ2v) is 5.36. The summed E-state index contributed by atoms with van der Waals surface area (Å²) in [7, 11) is 1.70. The van der Waals surface area contributed by atoms with Crippen LogP contribution in [0.3, 0.4) is 0 Å². The Balaban J connectivity index is 2.04. The highest BCUT2D eigenvalue weighted by Gasteiger charge is 2.03. The quantitative estimate of drug-likeness (QED) is 0.844. The normalized spacial score (nSPS) is 10.6. The zero-order valence-corrected chi connectivity index (χ0v) is 12.9. The van der Waals surface area contributed by atoms with Crippen molar-refractivity contribution in [2.75, 3.05) is 19.0 Å². The number of para-hydroxylation sites is 1. The highest BCUT2D eigenvalue weighted by atomic mass is 79.9. The van der Waals surface area contributed by atoms with E-state index in [-0.39, 0.29) is 5.82 Å². The predicted octanol–water partition coefficient (Wildman–Crippen LogP) is 4.39. The first-order valence-corrected chi connectivity index (χ1v) is 7.24. The third-order valence-corrected chi connectivity index (χ3v) is 3.67. The van der Waals surface area contributed by atoms with Crippen molar-refractivity contribution >= 4 is 21.6 Å². The fourth-order valence-electron chi connectivity index (χ4n) is 1.97. The smallest absolute Gasteiger partial charge is 0.137 e. The van der Waals surface area contributed by atoms with E-state index >= 15 is 0 Å². The maximum Gasteiger partial charge on any atom is 0.137 e. The van der Waals surface area contributed by atoms with E-state index in [1.807, 2.05) is 18.2 Å². The average molecular weight is 338 g/mol. The molecular formula is C16H17BrFNO. The lowest BCUT2D eigenvalue weighted by Crippen LogP contribution is -2.04. The molecule has 0 radical (unpaired) electrons. The molecule has 2 rings (SSSR count). The first-order chi connectivity index (χ1) is 9.70. The highest BCUT2D eigenvalue weighted by Crippen LogP contribution is 2.20. The van der Waals surface area contributed by atoms with Gasteiger partial charge in [0.2, 0.25) is 0 Å². The van der Waals surface area contributed by atoms with Gasteiger partial charge in [0.25, 0.3) is 0 Å². The van der Waals surface area contributed by atoms with Crippen molar-refractivity contribution in [3.63, 3.8) is 0 Å². The number of ether oxygens (including phenoxy) is 1. The predicted molar refractivity (Wildman–Crippen MR) is 83.4 cm³/mol. The van der Waals surface area contributed by atoms with Gasteiger partial charge in [0, 0.05) is 19.3 Å². The number of methoxy groups -OCH3 is 1. The molecule has 4 heteroatoms. The number of hydrogen-bond donors (Lipinski definition) is 1. The van der Waals surface area contributed by atoms with Crippen LogP contribution in [0.25, 0.3) is 0 Å². The van der Waals surface area contributed by atoms with Crippen LogP contribution in [0.5, 0.6) is 0 Å². The molecule has 0 bridgehead atoms. The van der Waals surface area contributed by atoms with Crippen molar-refractivity contribution in [2.24, 2.45) is 0 Å². The number of rotatable bonds is 6. The molecule has 2 aromatic rings. The Bertz CT molecular complexity index is 574. The van der Waals surface area contributed by atoms with Crippen molar-refractivity contribution < 1.29 is 9.13 Å². The van der Waals surface area contributed by atoms with E-state index in [2.05, 4.69) is 27.3 Å². The summed E-state index contributed by atoms with van der Waals surface area (Å²) in [6.07, 6.45) is 0.868. The maximum absolute atomic E-state index is 13.2. The minimum Gasteiger partial charge on any atom is -0.384 e. The fraction of sp³-hybridized carbons (Fsp3) is 0.250. The van der Waals surface area contributed by atoms with Gasteiger partial charge in [0.15, 0.2) is 0 Å². The number of hydrogen-bond acceptors (Lipinski definition) is 2. The fourth-order valence-corrected chi connectivity index (χ4v) is 2.40. The van der Waals surface area contributed by atoms with Gasteiger partial charge in [-0.25, -0.2) is 4.39 Å². The molecule has 0 heterocycles. The molecule has 0 saturated heterocycles. The third-order valence-electron chi connectivity index (χ3n) is 3.06. The second-order valence-electron chi connectivity index (χ2n) is 4.50. The van der Waals surface area contributed by atoms with Gasteiger partial charge in [-0.1, -0.05) is 24.3 Å². The second kappa shape index (κ2) is 7.41. The summed E-state index contributed by atoms with van der Waals surface area (Å²) in [6.45, 7) is 1.35. The van der Waals surface area contributed by atoms with Crippen LogP contribution in [-0.4, -0.2) is 13.7 Å². The molecule has 0 aromatic heterocycles. The number of halogens is 2. The van der Waals surface area contributed by atoms with Gasteiger partial charge in [-0.3, -0.25) is 0 Å². The SMILES string of the molecule is COCCc1ccccc1NCc1ccc(F)c(Br)c1. The lowest BCUT2D eigenvalue weighted by atomic mass is 10.1. The number of anilines is 1. The first kappa shape index (κ1) is 15.0. The Morgan fingerprint density at radius 3 is 2.75 bits per heavy atom. The van der Waals surface area contributed by atoms with Crippen molar-refractivity contribution in [2.45, 2.75) is 13.0 Å². The summed E-state index contributed by atoms with van der Waals surface area (Å²) in [6, 6.07) is 13.2. The summed E-state index contributed by atoms with van der Waals surface area (Å²) in [5.74, 6) is -0.241. The van der Waals surface area contributed by atoms with Crippen LogP contribution in [0.4, 0.5) is 10.1 Å². The Morgan fingerprint density at radius 1 is 1.20 bits per heavy atom. The van der Waals surface area contributed by atoms with Crippen LogP contribution in [0.1, 0.15) is 11.1 Å². The minimum absolute atomic E-state index is 0.241. The van der Waals surface area contributed by atoms with Crippen molar-refractivity contribution in [3.8, 4) is 0 Å². The Kier molecular flexibility index (Phi) is 5.56. The molecule has 0 saturated carbocycles. The molecular weight excluding hydrogens is 321 g/mol. The molecule has 1 N–H and O–H groups in total. The molecule has 0 fully saturated rings. The van der Waals surface area contributed by atoms with Gasteiger partial charge in [0.05, 0.1) is 11.1 Å². The summed E-state index contributed by atoms with van der Waals surface area (Å²) in [4.78, 5) is 0. The van der Waals surface area contributed by atoms with Crippen molar-refractivity contribution in [3.05, 3.63) is 63.9 Å². The Labute approximate surface area is 127 Å². The summed E-state index contributed by atoms with van der Waals surface area (Å²) in [5, 5.41) is 3.39. The average Bonchev–Trinajstić information content (AvgIpc) is 2.47. The van der Waals surface area contributed by atoms with E-state index in [4.69, 9.17) is 4.74 Å². The van der Waals surface area contributed by atoms with Gasteiger partial charge in [0.1, 0.15) is 5.82 Å². The number of nitrogens with one attached hydrogen (secondary N) is 1. The molecule has 2 aromatic carbocycles. The van der Waals surface area contributed by atoms with Gasteiger partial charge < -0.3 is 10.1 Å². The van der Waals surface area contributed by atoms with Crippen LogP contribution in [0.15, 0.2) is 46.9 Å². The Hall–Kier alpha value is -1.39. The largest absolute Gasteiger partial charge is 0.384 e. The van der Waals surface area contributed by atoms with Crippen LogP contribution < -0.4 is 5.32 Å². The van der Waals surface area contributed by atoms with E-state index in [0.717, 1.165) is 17.7 Å². The molecule has 0 unspecified atom stereocenters. The minimum atomic E-state index is -0.241. The van der Waals surface area contributed by atoms with Crippen LogP contribution in [0.2, 0.25) is 0 Å². The van der Waals surface area contributed by atoms with E-state index in [9.17, 15) is 4.39 Å². The van der Waals surface area contributed by atoms with E-state index in [1.54, 1.807) is 19.2 Å². The molecule has 0 spiro atoms. The maximum atomic E-state index is 13.2. The molecule has 0 aliphatic rings. The van der Waals surface area contributed by atoms with Gasteiger partial charge in [-0.05, 0) is 51.7 Å². The Morgan fingerprint density at radius 2 is 2.00 bits per heavy atom. The molecule has 0 aliphatic heterocycles. The van der Waals surface area contributed by atoms with Crippen LogP contribution >= 0.6 is 15.9 Å². The molecule has 20 heavy (non-hydrogen) atoms. The van der Waals surface area contributed by atoms with Gasteiger partial charge in [-0.2, -0.15) is 0 Å². The van der Waals surface area contributed by atoms with Crippen LogP contribution in [-0.2, 0) is 17.7 Å². The van der Waals surface area contributed by atoms with E-state index in [1.165, 1.54) is 11.6 Å². The van der Waals surface area contributed by atoms with Gasteiger partial charge >= 0.3 is 0 Å². The first-order valence-electron chi connectivity index (χ1n) is 6.45. The highest BCUT2D eigenvalue weighted by molar-refractivity contribution is 9.10. The van der Waals surface area contributed by atoms with Crippen LogP contribution in [0, 0.1) is 5.82 Å². The molecule has 0 amide bonds. The zero-order valence-electron chi connectivity index (χ0n) is 11.3. The van der Waals surface area contributed by atoms with E-state index in [0.29, 0.717) is 17.6 Å². The summed E-state index contributed by atoms with van der Waals surface area (Å²) in [5.41, 5.74) is 3.33. The summed E-state index contributed by atoms with van der Waals surface area (Å²) < 4.78 is 18.8. The molecule has 0 aliphatic carbocycles. The molecule has 2 nitrogen and oxygen atoms in total. The molecule has 106 valence electrons. The number of benzene rings is 2.